The van der Waals surface area contributed by atoms with Crippen LogP contribution >= 0.6 is 0 Å². The molecule has 2 rings (SSSR count). The molecule has 0 aromatic heterocycles. The molecular formula is C10H16N2O3. The van der Waals surface area contributed by atoms with Crippen LogP contribution in [0, 0.1) is 26.9 Å². The molecule has 0 amide bonds. The highest BCUT2D eigenvalue weighted by molar-refractivity contribution is 5.97. The summed E-state index contributed by atoms with van der Waals surface area (Å²) in [4.78, 5) is 10.4. The van der Waals surface area contributed by atoms with Gasteiger partial charge in [-0.2, -0.15) is 0 Å². The normalized spacial score (nSPS) is 44.9. The zero-order valence-corrected chi connectivity index (χ0v) is 9.23. The molecule has 3 atom stereocenters. The van der Waals surface area contributed by atoms with E-state index in [9.17, 15) is 15.2 Å². The van der Waals surface area contributed by atoms with Crippen LogP contribution in [0.5, 0.6) is 0 Å². The first kappa shape index (κ1) is 10.5. The number of hydrazone groups is 1. The number of fused-ring (bicyclic) bond motifs is 2. The fourth-order valence-corrected chi connectivity index (χ4v) is 3.32. The molecule has 84 valence electrons. The predicted molar refractivity (Wildman–Crippen MR) is 55.0 cm³/mol. The van der Waals surface area contributed by atoms with Crippen LogP contribution in [0.1, 0.15) is 33.6 Å². The molecule has 0 aliphatic heterocycles. The van der Waals surface area contributed by atoms with Crippen molar-refractivity contribution >= 4 is 5.71 Å². The van der Waals surface area contributed by atoms with Crippen LogP contribution in [-0.4, -0.2) is 22.0 Å². The average Bonchev–Trinajstić information content (AvgIpc) is 2.39. The molecular weight excluding hydrogens is 196 g/mol. The smallest absolute Gasteiger partial charge is 0.190 e. The van der Waals surface area contributed by atoms with Crippen molar-refractivity contribution in [1.29, 1.82) is 0 Å². The van der Waals surface area contributed by atoms with E-state index in [1.165, 1.54) is 0 Å². The third-order valence-corrected chi connectivity index (χ3v) is 4.72. The van der Waals surface area contributed by atoms with Crippen molar-refractivity contribution in [2.24, 2.45) is 21.8 Å². The first-order chi connectivity index (χ1) is 6.80. The van der Waals surface area contributed by atoms with Crippen molar-refractivity contribution in [2.45, 2.75) is 39.7 Å². The summed E-state index contributed by atoms with van der Waals surface area (Å²) >= 11 is 0. The Morgan fingerprint density at radius 1 is 1.53 bits per heavy atom. The van der Waals surface area contributed by atoms with Gasteiger partial charge in [0.05, 0.1) is 5.10 Å². The predicted octanol–water partition coefficient (Wildman–Crippen LogP) is 1.44. The molecule has 2 fully saturated rings. The molecule has 0 radical (unpaired) electrons. The van der Waals surface area contributed by atoms with Crippen molar-refractivity contribution in [3.8, 4) is 0 Å². The molecule has 0 aromatic carbocycles. The number of hydrogen-bond acceptors (Lipinski definition) is 3. The first-order valence-corrected chi connectivity index (χ1v) is 5.22. The van der Waals surface area contributed by atoms with Crippen LogP contribution in [0.2, 0.25) is 0 Å². The topological polar surface area (TPSA) is 75.7 Å². The van der Waals surface area contributed by atoms with Crippen molar-refractivity contribution in [1.82, 2.24) is 0 Å². The van der Waals surface area contributed by atoms with Gasteiger partial charge in [-0.05, 0) is 24.2 Å². The monoisotopic (exact) mass is 212 g/mol. The molecule has 0 heterocycles. The zero-order chi connectivity index (χ0) is 11.4. The number of hydrogen-bond donors (Lipinski definition) is 1. The number of aliphatic hydroxyl groups excluding tert-OH is 1. The van der Waals surface area contributed by atoms with Crippen LogP contribution in [0.3, 0.4) is 0 Å². The molecule has 15 heavy (non-hydrogen) atoms. The second-order valence-corrected chi connectivity index (χ2v) is 5.37. The minimum absolute atomic E-state index is 0.0960. The van der Waals surface area contributed by atoms with E-state index in [1.807, 2.05) is 6.92 Å². The van der Waals surface area contributed by atoms with Gasteiger partial charge in [0.1, 0.15) is 11.8 Å². The number of nitro groups is 1. The molecule has 1 N–H and O–H groups in total. The van der Waals surface area contributed by atoms with E-state index < -0.39 is 11.1 Å². The second-order valence-electron chi connectivity index (χ2n) is 5.37. The lowest BCUT2D eigenvalue weighted by Crippen LogP contribution is -2.35. The van der Waals surface area contributed by atoms with Crippen LogP contribution in [0.15, 0.2) is 5.10 Å². The molecule has 0 saturated heterocycles. The summed E-state index contributed by atoms with van der Waals surface area (Å²) in [5, 5.41) is 23.1. The molecule has 2 aliphatic carbocycles. The van der Waals surface area contributed by atoms with Gasteiger partial charge in [0, 0.05) is 5.41 Å². The zero-order valence-electron chi connectivity index (χ0n) is 9.23. The minimum atomic E-state index is -0.732. The number of nitrogens with zero attached hydrogens (tertiary/aromatic N) is 2. The van der Waals surface area contributed by atoms with Crippen LogP contribution in [0.25, 0.3) is 0 Å². The summed E-state index contributed by atoms with van der Waals surface area (Å²) < 4.78 is 0. The molecule has 2 aliphatic rings. The van der Waals surface area contributed by atoms with E-state index in [0.717, 1.165) is 12.8 Å². The van der Waals surface area contributed by atoms with Crippen LogP contribution in [0.4, 0.5) is 0 Å². The Morgan fingerprint density at radius 3 is 2.53 bits per heavy atom. The lowest BCUT2D eigenvalue weighted by molar-refractivity contribution is -0.485. The lowest BCUT2D eigenvalue weighted by Gasteiger charge is -2.32. The first-order valence-electron chi connectivity index (χ1n) is 5.22. The van der Waals surface area contributed by atoms with E-state index in [4.69, 9.17) is 0 Å². The fraction of sp³-hybridized carbons (Fsp3) is 0.900. The highest BCUT2D eigenvalue weighted by Crippen LogP contribution is 2.63. The van der Waals surface area contributed by atoms with Gasteiger partial charge in [-0.3, -0.25) is 0 Å². The SMILES string of the molecule is CC1(C)[C@@H]2CC[C@@]1(C)/C(=N\[N+](=O)[O-])[C@@H]2O. The molecule has 5 heteroatoms. The summed E-state index contributed by atoms with van der Waals surface area (Å²) in [5.74, 6) is 0.112. The van der Waals surface area contributed by atoms with Crippen LogP contribution in [-0.2, 0) is 0 Å². The molecule has 2 bridgehead atoms. The number of aliphatic hydroxyl groups is 1. The standard InChI is InChI=1S/C10H16N2O3/c1-9(2)6-4-5-10(9,3)8(7(6)13)11-12(14)15/h6-7,13H,4-5H2,1-3H3/b11-8-/t6-,7-,10+/m1/s1. The quantitative estimate of drug-likeness (QED) is 0.527. The van der Waals surface area contributed by atoms with Crippen molar-refractivity contribution < 1.29 is 10.1 Å². The summed E-state index contributed by atoms with van der Waals surface area (Å²) in [6.07, 6.45) is 1.08. The van der Waals surface area contributed by atoms with E-state index in [2.05, 4.69) is 18.9 Å². The largest absolute Gasteiger partial charge is 0.387 e. The lowest BCUT2D eigenvalue weighted by atomic mass is 9.70. The van der Waals surface area contributed by atoms with Gasteiger partial charge in [0.25, 0.3) is 0 Å². The number of rotatable bonds is 1. The molecule has 0 spiro atoms. The van der Waals surface area contributed by atoms with Gasteiger partial charge >= 0.3 is 0 Å². The highest BCUT2D eigenvalue weighted by atomic mass is 16.7. The molecule has 5 nitrogen and oxygen atoms in total. The summed E-state index contributed by atoms with van der Waals surface area (Å²) in [5.41, 5.74) is -0.0421. The Labute approximate surface area is 88.3 Å². The molecule has 2 saturated carbocycles. The second kappa shape index (κ2) is 2.78. The van der Waals surface area contributed by atoms with E-state index >= 15 is 0 Å². The van der Waals surface area contributed by atoms with E-state index in [1.54, 1.807) is 0 Å². The van der Waals surface area contributed by atoms with Crippen molar-refractivity contribution in [3.05, 3.63) is 10.1 Å². The average molecular weight is 212 g/mol. The highest BCUT2D eigenvalue weighted by Gasteiger charge is 2.65. The van der Waals surface area contributed by atoms with Gasteiger partial charge in [-0.1, -0.05) is 20.8 Å². The van der Waals surface area contributed by atoms with Gasteiger partial charge in [0.15, 0.2) is 5.03 Å². The third kappa shape index (κ3) is 1.10. The van der Waals surface area contributed by atoms with Crippen molar-refractivity contribution in [2.75, 3.05) is 0 Å². The summed E-state index contributed by atoms with van der Waals surface area (Å²) in [6, 6.07) is 0. The maximum absolute atomic E-state index is 10.4. The van der Waals surface area contributed by atoms with Crippen molar-refractivity contribution in [3.63, 3.8) is 0 Å². The maximum Gasteiger partial charge on any atom is 0.190 e. The van der Waals surface area contributed by atoms with Crippen LogP contribution < -0.4 is 0 Å². The minimum Gasteiger partial charge on any atom is -0.387 e. The van der Waals surface area contributed by atoms with Gasteiger partial charge in [0.2, 0.25) is 0 Å². The van der Waals surface area contributed by atoms with Gasteiger partial charge < -0.3 is 5.11 Å². The van der Waals surface area contributed by atoms with Gasteiger partial charge in [-0.25, -0.2) is 10.1 Å². The Balaban J connectivity index is 2.50. The fourth-order valence-electron chi connectivity index (χ4n) is 3.32. The summed E-state index contributed by atoms with van der Waals surface area (Å²) in [7, 11) is 0. The molecule has 0 aromatic rings. The summed E-state index contributed by atoms with van der Waals surface area (Å²) in [6.45, 7) is 6.11. The Kier molecular flexibility index (Phi) is 1.96. The third-order valence-electron chi connectivity index (χ3n) is 4.72. The van der Waals surface area contributed by atoms with E-state index in [0.29, 0.717) is 5.71 Å². The Hall–Kier alpha value is -0.970. The van der Waals surface area contributed by atoms with E-state index in [-0.39, 0.29) is 16.7 Å². The Bertz CT molecular complexity index is 351. The Morgan fingerprint density at radius 2 is 2.13 bits per heavy atom. The van der Waals surface area contributed by atoms with Gasteiger partial charge in [-0.15, -0.1) is 0 Å². The maximum atomic E-state index is 10.4. The molecule has 0 unspecified atom stereocenters.